The van der Waals surface area contributed by atoms with Gasteiger partial charge in [0.2, 0.25) is 0 Å². The van der Waals surface area contributed by atoms with Gasteiger partial charge >= 0.3 is 11.9 Å². The highest BCUT2D eigenvalue weighted by Crippen LogP contribution is 2.68. The summed E-state index contributed by atoms with van der Waals surface area (Å²) in [4.78, 5) is 32.8. The molecular weight excluding hydrogens is 309 g/mol. The zero-order valence-electron chi connectivity index (χ0n) is 12.1. The summed E-state index contributed by atoms with van der Waals surface area (Å²) in [5.74, 6) is -2.51. The Hall–Kier alpha value is -2.48. The van der Waals surface area contributed by atoms with Crippen molar-refractivity contribution in [1.29, 1.82) is 0 Å². The van der Waals surface area contributed by atoms with Crippen LogP contribution in [0.1, 0.15) is 12.0 Å². The highest BCUT2D eigenvalue weighted by molar-refractivity contribution is 5.94. The second-order valence-corrected chi connectivity index (χ2v) is 5.79. The third-order valence-corrected chi connectivity index (χ3v) is 4.55. The molecule has 1 aliphatic carbocycles. The van der Waals surface area contributed by atoms with Crippen LogP contribution in [0.25, 0.3) is 0 Å². The van der Waals surface area contributed by atoms with E-state index in [0.717, 1.165) is 0 Å². The van der Waals surface area contributed by atoms with Gasteiger partial charge in [0.25, 0.3) is 6.47 Å². The van der Waals surface area contributed by atoms with Crippen molar-refractivity contribution >= 4 is 18.4 Å². The maximum Gasteiger partial charge on any atom is 0.312 e. The third kappa shape index (κ3) is 2.65. The molecule has 2 aliphatic rings. The number of carboxylic acids is 2. The first-order valence-corrected chi connectivity index (χ1v) is 6.83. The van der Waals surface area contributed by atoms with Crippen LogP contribution in [0.2, 0.25) is 0 Å². The molecular formula is C15H16FNO6. The molecule has 0 radical (unpaired) electrons. The molecule has 0 aromatic heterocycles. The highest BCUT2D eigenvalue weighted by atomic mass is 19.1. The van der Waals surface area contributed by atoms with Crippen molar-refractivity contribution in [1.82, 2.24) is 4.90 Å². The molecule has 124 valence electrons. The molecule has 23 heavy (non-hydrogen) atoms. The molecule has 0 unspecified atom stereocenters. The first kappa shape index (κ1) is 16.9. The number of aliphatic carboxylic acids is 2. The summed E-state index contributed by atoms with van der Waals surface area (Å²) in [6.07, 6.45) is 0.165. The molecule has 3 rings (SSSR count). The van der Waals surface area contributed by atoms with E-state index < -0.39 is 22.8 Å². The molecule has 8 heteroatoms. The van der Waals surface area contributed by atoms with Crippen LogP contribution in [0.5, 0.6) is 0 Å². The van der Waals surface area contributed by atoms with E-state index in [1.54, 1.807) is 23.1 Å². The Kier molecular flexibility index (Phi) is 4.37. The van der Waals surface area contributed by atoms with Crippen molar-refractivity contribution < 1.29 is 34.1 Å². The number of rotatable bonds is 4. The van der Waals surface area contributed by atoms with Gasteiger partial charge in [0, 0.05) is 25.2 Å². The minimum absolute atomic E-state index is 0.156. The normalized spacial score (nSPS) is 28.2. The number of carbonyl (C=O) groups is 3. The molecule has 1 aromatic rings. The van der Waals surface area contributed by atoms with Crippen molar-refractivity contribution in [3.8, 4) is 0 Å². The Morgan fingerprint density at radius 2 is 1.65 bits per heavy atom. The Balaban J connectivity index is 0.000000595. The molecule has 2 fully saturated rings. The molecule has 1 saturated heterocycles. The Labute approximate surface area is 131 Å². The lowest BCUT2D eigenvalue weighted by Crippen LogP contribution is -2.28. The second-order valence-electron chi connectivity index (χ2n) is 5.79. The van der Waals surface area contributed by atoms with Crippen molar-refractivity contribution in [3.63, 3.8) is 0 Å². The fourth-order valence-corrected chi connectivity index (χ4v) is 3.38. The van der Waals surface area contributed by atoms with Gasteiger partial charge in [-0.3, -0.25) is 19.3 Å². The van der Waals surface area contributed by atoms with Crippen LogP contribution in [0, 0.1) is 16.6 Å². The molecule has 0 amide bonds. The number of hydrogen-bond acceptors (Lipinski definition) is 4. The van der Waals surface area contributed by atoms with E-state index in [-0.39, 0.29) is 38.3 Å². The van der Waals surface area contributed by atoms with E-state index in [9.17, 15) is 24.2 Å². The first-order valence-electron chi connectivity index (χ1n) is 6.83. The molecule has 0 bridgehead atoms. The second kappa shape index (κ2) is 5.96. The molecule has 3 N–H and O–H groups in total. The van der Waals surface area contributed by atoms with Crippen LogP contribution >= 0.6 is 0 Å². The van der Waals surface area contributed by atoms with Gasteiger partial charge in [-0.1, -0.05) is 18.2 Å². The number of likely N-dealkylation sites (tertiary alicyclic amines) is 1. The van der Waals surface area contributed by atoms with Crippen molar-refractivity contribution in [2.24, 2.45) is 10.8 Å². The molecule has 0 spiro atoms. The van der Waals surface area contributed by atoms with Gasteiger partial charge < -0.3 is 15.3 Å². The quantitative estimate of drug-likeness (QED) is 0.704. The van der Waals surface area contributed by atoms with Crippen LogP contribution in [0.15, 0.2) is 24.3 Å². The van der Waals surface area contributed by atoms with Gasteiger partial charge in [-0.15, -0.1) is 0 Å². The topological polar surface area (TPSA) is 115 Å². The van der Waals surface area contributed by atoms with Gasteiger partial charge in [0.1, 0.15) is 5.82 Å². The molecule has 1 saturated carbocycles. The SMILES string of the molecule is O=C(O)[C@@]12CN(Cc3ccccc3F)C[C@]1(C(=O)O)C2.O=CO. The van der Waals surface area contributed by atoms with Gasteiger partial charge in [-0.2, -0.15) is 0 Å². The summed E-state index contributed by atoms with van der Waals surface area (Å²) in [6, 6.07) is 6.25. The van der Waals surface area contributed by atoms with Gasteiger partial charge in [0.15, 0.2) is 0 Å². The monoisotopic (exact) mass is 325 g/mol. The van der Waals surface area contributed by atoms with Crippen molar-refractivity contribution in [2.45, 2.75) is 13.0 Å². The minimum atomic E-state index is -1.20. The van der Waals surface area contributed by atoms with Crippen LogP contribution in [0.4, 0.5) is 4.39 Å². The minimum Gasteiger partial charge on any atom is -0.483 e. The fraction of sp³-hybridized carbons (Fsp3) is 0.400. The summed E-state index contributed by atoms with van der Waals surface area (Å²) in [5.41, 5.74) is -1.95. The van der Waals surface area contributed by atoms with E-state index in [4.69, 9.17) is 9.90 Å². The number of halogens is 1. The summed E-state index contributed by atoms with van der Waals surface area (Å²) < 4.78 is 13.6. The maximum atomic E-state index is 13.6. The largest absolute Gasteiger partial charge is 0.483 e. The van der Waals surface area contributed by atoms with Crippen LogP contribution in [0.3, 0.4) is 0 Å². The van der Waals surface area contributed by atoms with Gasteiger partial charge in [0.05, 0.1) is 10.8 Å². The number of nitrogens with zero attached hydrogens (tertiary/aromatic N) is 1. The average Bonchev–Trinajstić information content (AvgIpc) is 3.02. The van der Waals surface area contributed by atoms with Gasteiger partial charge in [-0.05, 0) is 12.5 Å². The predicted molar refractivity (Wildman–Crippen MR) is 75.1 cm³/mol. The third-order valence-electron chi connectivity index (χ3n) is 4.55. The molecule has 2 atom stereocenters. The zero-order chi connectivity index (χ0) is 17.3. The molecule has 1 aliphatic heterocycles. The van der Waals surface area contributed by atoms with E-state index in [1.165, 1.54) is 6.07 Å². The Morgan fingerprint density at radius 1 is 1.17 bits per heavy atom. The van der Waals surface area contributed by atoms with Crippen molar-refractivity contribution in [2.75, 3.05) is 13.1 Å². The molecule has 1 heterocycles. The summed E-state index contributed by atoms with van der Waals surface area (Å²) in [7, 11) is 0. The van der Waals surface area contributed by atoms with Gasteiger partial charge in [-0.25, -0.2) is 4.39 Å². The Morgan fingerprint density at radius 3 is 2.09 bits per heavy atom. The number of fused-ring (bicyclic) bond motifs is 1. The van der Waals surface area contributed by atoms with E-state index in [1.807, 2.05) is 0 Å². The molecule has 7 nitrogen and oxygen atoms in total. The summed E-state index contributed by atoms with van der Waals surface area (Å²) >= 11 is 0. The number of benzene rings is 1. The van der Waals surface area contributed by atoms with E-state index >= 15 is 0 Å². The number of carboxylic acid groups (broad SMARTS) is 3. The average molecular weight is 325 g/mol. The maximum absolute atomic E-state index is 13.6. The summed E-state index contributed by atoms with van der Waals surface area (Å²) in [6.45, 7) is 0.294. The summed E-state index contributed by atoms with van der Waals surface area (Å²) in [5, 5.41) is 25.5. The number of piperidine rings is 1. The van der Waals surface area contributed by atoms with Crippen LogP contribution in [-0.4, -0.2) is 51.7 Å². The smallest absolute Gasteiger partial charge is 0.312 e. The van der Waals surface area contributed by atoms with Crippen LogP contribution in [-0.2, 0) is 20.9 Å². The zero-order valence-corrected chi connectivity index (χ0v) is 12.1. The van der Waals surface area contributed by atoms with E-state index in [0.29, 0.717) is 5.56 Å². The first-order chi connectivity index (χ1) is 10.8. The predicted octanol–water partition coefficient (Wildman–Crippen LogP) is 0.888. The molecule has 1 aromatic carbocycles. The fourth-order valence-electron chi connectivity index (χ4n) is 3.38. The van der Waals surface area contributed by atoms with E-state index in [2.05, 4.69) is 0 Å². The number of hydrogen-bond donors (Lipinski definition) is 3. The lowest BCUT2D eigenvalue weighted by molar-refractivity contribution is -0.151. The lowest BCUT2D eigenvalue weighted by Gasteiger charge is -2.19. The Bertz CT molecular complexity index is 623. The van der Waals surface area contributed by atoms with Crippen molar-refractivity contribution in [3.05, 3.63) is 35.6 Å². The lowest BCUT2D eigenvalue weighted by atomic mass is 9.97. The highest BCUT2D eigenvalue weighted by Gasteiger charge is 2.80. The standard InChI is InChI=1S/C14H14FNO4.CH2O2/c15-10-4-2-1-3-9(10)5-16-7-13(11(17)18)6-14(13,8-16)12(19)20;2-1-3/h1-4H,5-8H2,(H,17,18)(H,19,20);1H,(H,2,3)/t13-,14+;. The van der Waals surface area contributed by atoms with Crippen LogP contribution < -0.4 is 0 Å².